The summed E-state index contributed by atoms with van der Waals surface area (Å²) in [5.74, 6) is -0.337. The van der Waals surface area contributed by atoms with E-state index in [4.69, 9.17) is 5.11 Å². The lowest BCUT2D eigenvalue weighted by molar-refractivity contribution is 0.0609. The first-order valence-corrected chi connectivity index (χ1v) is 7.51. The van der Waals surface area contributed by atoms with Gasteiger partial charge in [-0.1, -0.05) is 18.6 Å². The highest BCUT2D eigenvalue weighted by molar-refractivity contribution is 6.21. The zero-order valence-corrected chi connectivity index (χ0v) is 12.1. The zero-order chi connectivity index (χ0) is 15.7. The van der Waals surface area contributed by atoms with Crippen molar-refractivity contribution in [2.75, 3.05) is 6.54 Å². The number of hydrogen-bond donors (Lipinski definition) is 2. The van der Waals surface area contributed by atoms with E-state index in [1.165, 1.54) is 4.90 Å². The highest BCUT2D eigenvalue weighted by Gasteiger charge is 2.37. The van der Waals surface area contributed by atoms with Crippen LogP contribution in [0.4, 0.5) is 4.79 Å². The largest absolute Gasteiger partial charge is 0.465 e. The Kier molecular flexibility index (Phi) is 3.83. The molecule has 2 aliphatic rings. The maximum Gasteiger partial charge on any atom is 0.404 e. The molecule has 1 aliphatic heterocycles. The third-order valence-corrected chi connectivity index (χ3v) is 4.43. The van der Waals surface area contributed by atoms with Crippen LogP contribution in [0.25, 0.3) is 0 Å². The minimum atomic E-state index is -1.02. The summed E-state index contributed by atoms with van der Waals surface area (Å²) in [6.07, 6.45) is 2.26. The number of nitrogens with one attached hydrogen (secondary N) is 1. The second-order valence-corrected chi connectivity index (χ2v) is 5.95. The Balaban J connectivity index is 1.68. The Bertz CT molecular complexity index is 593. The fourth-order valence-electron chi connectivity index (χ4n) is 3.43. The van der Waals surface area contributed by atoms with Gasteiger partial charge in [0.2, 0.25) is 0 Å². The summed E-state index contributed by atoms with van der Waals surface area (Å²) in [4.78, 5) is 36.7. The number of benzene rings is 1. The van der Waals surface area contributed by atoms with Gasteiger partial charge in [-0.15, -0.1) is 0 Å². The Morgan fingerprint density at radius 3 is 2.41 bits per heavy atom. The molecule has 1 heterocycles. The summed E-state index contributed by atoms with van der Waals surface area (Å²) in [5, 5.41) is 11.3. The maximum atomic E-state index is 12.3. The van der Waals surface area contributed by atoms with Crippen LogP contribution in [-0.4, -0.2) is 40.5 Å². The van der Waals surface area contributed by atoms with Crippen molar-refractivity contribution in [3.63, 3.8) is 0 Å². The molecule has 2 unspecified atom stereocenters. The molecule has 2 atom stereocenters. The first-order valence-electron chi connectivity index (χ1n) is 7.51. The second kappa shape index (κ2) is 5.79. The number of nitrogens with zero attached hydrogens (tertiary/aromatic N) is 1. The molecule has 116 valence electrons. The van der Waals surface area contributed by atoms with E-state index in [1.54, 1.807) is 24.3 Å². The molecule has 3 rings (SSSR count). The fourth-order valence-corrected chi connectivity index (χ4v) is 3.43. The van der Waals surface area contributed by atoms with Crippen LogP contribution in [0.15, 0.2) is 24.3 Å². The van der Waals surface area contributed by atoms with Gasteiger partial charge in [-0.05, 0) is 37.3 Å². The molecular formula is C16H18N2O4. The van der Waals surface area contributed by atoms with Crippen molar-refractivity contribution >= 4 is 17.9 Å². The monoisotopic (exact) mass is 302 g/mol. The third-order valence-electron chi connectivity index (χ3n) is 4.43. The first-order chi connectivity index (χ1) is 10.6. The van der Waals surface area contributed by atoms with Gasteiger partial charge in [0.05, 0.1) is 11.1 Å². The quantitative estimate of drug-likeness (QED) is 0.837. The average molecular weight is 302 g/mol. The Hall–Kier alpha value is -2.37. The van der Waals surface area contributed by atoms with Gasteiger partial charge in [-0.3, -0.25) is 14.5 Å². The van der Waals surface area contributed by atoms with Gasteiger partial charge < -0.3 is 10.4 Å². The van der Waals surface area contributed by atoms with Crippen molar-refractivity contribution in [1.29, 1.82) is 0 Å². The van der Waals surface area contributed by atoms with Crippen LogP contribution >= 0.6 is 0 Å². The number of fused-ring (bicyclic) bond motifs is 1. The molecule has 3 amide bonds. The molecule has 22 heavy (non-hydrogen) atoms. The van der Waals surface area contributed by atoms with E-state index in [2.05, 4.69) is 5.32 Å². The number of carbonyl (C=O) groups is 3. The molecule has 6 nitrogen and oxygen atoms in total. The second-order valence-electron chi connectivity index (χ2n) is 5.95. The Morgan fingerprint density at radius 1 is 1.18 bits per heavy atom. The van der Waals surface area contributed by atoms with Crippen molar-refractivity contribution in [2.24, 2.45) is 5.92 Å². The predicted molar refractivity (Wildman–Crippen MR) is 78.7 cm³/mol. The molecule has 1 aliphatic carbocycles. The minimum absolute atomic E-state index is 0.0913. The van der Waals surface area contributed by atoms with Gasteiger partial charge in [0.15, 0.2) is 0 Å². The molecular weight excluding hydrogens is 284 g/mol. The summed E-state index contributed by atoms with van der Waals surface area (Å²) in [6, 6.07) is 6.75. The van der Waals surface area contributed by atoms with E-state index < -0.39 is 6.09 Å². The van der Waals surface area contributed by atoms with Crippen molar-refractivity contribution in [3.8, 4) is 0 Å². The molecule has 0 spiro atoms. The predicted octanol–water partition coefficient (Wildman–Crippen LogP) is 2.11. The fraction of sp³-hybridized carbons (Fsp3) is 0.438. The lowest BCUT2D eigenvalue weighted by Crippen LogP contribution is -2.41. The van der Waals surface area contributed by atoms with Crippen molar-refractivity contribution < 1.29 is 19.5 Å². The van der Waals surface area contributed by atoms with Crippen LogP contribution in [0.2, 0.25) is 0 Å². The number of amides is 3. The molecule has 1 saturated carbocycles. The molecule has 1 aromatic carbocycles. The van der Waals surface area contributed by atoms with Gasteiger partial charge in [0, 0.05) is 12.6 Å². The van der Waals surface area contributed by atoms with Gasteiger partial charge >= 0.3 is 6.09 Å². The van der Waals surface area contributed by atoms with E-state index in [9.17, 15) is 14.4 Å². The van der Waals surface area contributed by atoms with Crippen LogP contribution in [0, 0.1) is 5.92 Å². The van der Waals surface area contributed by atoms with Crippen LogP contribution in [0.5, 0.6) is 0 Å². The molecule has 0 saturated heterocycles. The third kappa shape index (κ3) is 2.68. The standard InChI is InChI=1S/C16H18N2O4/c19-14-12-6-1-2-7-13(12)15(20)18(14)9-10-4-3-5-11(8-10)17-16(21)22/h1-2,6-7,10-11,17H,3-5,8-9H2,(H,21,22). The lowest BCUT2D eigenvalue weighted by Gasteiger charge is -2.31. The summed E-state index contributed by atoms with van der Waals surface area (Å²) in [5.41, 5.74) is 0.923. The molecule has 0 radical (unpaired) electrons. The van der Waals surface area contributed by atoms with E-state index in [0.29, 0.717) is 24.1 Å². The van der Waals surface area contributed by atoms with Crippen molar-refractivity contribution in [3.05, 3.63) is 35.4 Å². The molecule has 1 fully saturated rings. The van der Waals surface area contributed by atoms with Crippen LogP contribution in [-0.2, 0) is 0 Å². The highest BCUT2D eigenvalue weighted by atomic mass is 16.4. The molecule has 6 heteroatoms. The zero-order valence-electron chi connectivity index (χ0n) is 12.1. The van der Waals surface area contributed by atoms with E-state index in [-0.39, 0.29) is 23.8 Å². The van der Waals surface area contributed by atoms with Crippen LogP contribution in [0.3, 0.4) is 0 Å². The summed E-state index contributed by atoms with van der Waals surface area (Å²) in [7, 11) is 0. The van der Waals surface area contributed by atoms with Crippen LogP contribution < -0.4 is 5.32 Å². The Labute approximate surface area is 128 Å². The van der Waals surface area contributed by atoms with Crippen molar-refractivity contribution in [1.82, 2.24) is 10.2 Å². The smallest absolute Gasteiger partial charge is 0.404 e. The lowest BCUT2D eigenvalue weighted by atomic mass is 9.85. The number of carbonyl (C=O) groups excluding carboxylic acids is 2. The summed E-state index contributed by atoms with van der Waals surface area (Å²) in [6.45, 7) is 0.365. The van der Waals surface area contributed by atoms with Crippen LogP contribution in [0.1, 0.15) is 46.4 Å². The average Bonchev–Trinajstić information content (AvgIpc) is 2.73. The topological polar surface area (TPSA) is 86.7 Å². The van der Waals surface area contributed by atoms with Gasteiger partial charge in [-0.2, -0.15) is 0 Å². The number of imide groups is 1. The minimum Gasteiger partial charge on any atom is -0.465 e. The Morgan fingerprint density at radius 2 is 1.82 bits per heavy atom. The van der Waals surface area contributed by atoms with Gasteiger partial charge in [-0.25, -0.2) is 4.79 Å². The number of carboxylic acid groups (broad SMARTS) is 1. The molecule has 0 bridgehead atoms. The highest BCUT2D eigenvalue weighted by Crippen LogP contribution is 2.29. The number of hydrogen-bond acceptors (Lipinski definition) is 3. The van der Waals surface area contributed by atoms with Crippen molar-refractivity contribution in [2.45, 2.75) is 31.7 Å². The number of rotatable bonds is 3. The molecule has 0 aromatic heterocycles. The SMILES string of the molecule is O=C(O)NC1CCCC(CN2C(=O)c3ccccc3C2=O)C1. The van der Waals surface area contributed by atoms with Gasteiger partial charge in [0.25, 0.3) is 11.8 Å². The summed E-state index contributed by atoms with van der Waals surface area (Å²) < 4.78 is 0. The maximum absolute atomic E-state index is 12.3. The van der Waals surface area contributed by atoms with E-state index in [1.807, 2.05) is 0 Å². The van der Waals surface area contributed by atoms with Gasteiger partial charge in [0.1, 0.15) is 0 Å². The molecule has 1 aromatic rings. The molecule has 2 N–H and O–H groups in total. The van der Waals surface area contributed by atoms with E-state index in [0.717, 1.165) is 19.3 Å². The first kappa shape index (κ1) is 14.6. The van der Waals surface area contributed by atoms with E-state index >= 15 is 0 Å². The summed E-state index contributed by atoms with van der Waals surface area (Å²) >= 11 is 0. The normalized spacial score (nSPS) is 24.3.